The van der Waals surface area contributed by atoms with E-state index < -0.39 is 0 Å². The van der Waals surface area contributed by atoms with Gasteiger partial charge in [-0.15, -0.1) is 0 Å². The van der Waals surface area contributed by atoms with Crippen molar-refractivity contribution in [1.82, 2.24) is 4.90 Å². The summed E-state index contributed by atoms with van der Waals surface area (Å²) >= 11 is 5.93. The van der Waals surface area contributed by atoms with Crippen LogP contribution in [0.1, 0.15) is 31.4 Å². The first-order valence-corrected chi connectivity index (χ1v) is 6.88. The molecule has 0 bridgehead atoms. The van der Waals surface area contributed by atoms with E-state index in [1.807, 2.05) is 12.1 Å². The Labute approximate surface area is 120 Å². The van der Waals surface area contributed by atoms with Crippen LogP contribution in [0, 0.1) is 17.2 Å². The van der Waals surface area contributed by atoms with Gasteiger partial charge in [-0.25, -0.2) is 0 Å². The van der Waals surface area contributed by atoms with Crippen molar-refractivity contribution in [2.24, 2.45) is 0 Å². The molecule has 1 radical (unpaired) electrons. The maximum absolute atomic E-state index is 9.19. The van der Waals surface area contributed by atoms with Crippen molar-refractivity contribution < 1.29 is 0 Å². The molecule has 0 saturated carbocycles. The first-order chi connectivity index (χ1) is 9.10. The Morgan fingerprint density at radius 2 is 2.21 bits per heavy atom. The molecule has 0 unspecified atom stereocenters. The highest BCUT2D eigenvalue weighted by atomic mass is 35.5. The summed E-state index contributed by atoms with van der Waals surface area (Å²) < 4.78 is 0. The third-order valence-electron chi connectivity index (χ3n) is 3.28. The van der Waals surface area contributed by atoms with Gasteiger partial charge in [-0.3, -0.25) is 4.90 Å². The van der Waals surface area contributed by atoms with E-state index in [2.05, 4.69) is 30.9 Å². The zero-order valence-electron chi connectivity index (χ0n) is 11.4. The molecule has 1 aliphatic heterocycles. The maximum Gasteiger partial charge on any atom is 0.0998 e. The molecule has 0 saturated heterocycles. The van der Waals surface area contributed by atoms with Gasteiger partial charge >= 0.3 is 0 Å². The van der Waals surface area contributed by atoms with Crippen molar-refractivity contribution in [1.29, 1.82) is 5.26 Å². The average molecular weight is 274 g/mol. The second kappa shape index (κ2) is 6.23. The van der Waals surface area contributed by atoms with Crippen molar-refractivity contribution in [3.8, 4) is 6.07 Å². The quantitative estimate of drug-likeness (QED) is 0.835. The molecule has 0 atom stereocenters. The molecule has 3 heteroatoms. The molecule has 0 spiro atoms. The number of hydrogen-bond donors (Lipinski definition) is 0. The predicted octanol–water partition coefficient (Wildman–Crippen LogP) is 3.92. The first kappa shape index (κ1) is 14.1. The fourth-order valence-electron chi connectivity index (χ4n) is 2.44. The van der Waals surface area contributed by atoms with Crippen LogP contribution in [0.3, 0.4) is 0 Å². The molecular weight excluding hydrogens is 256 g/mol. The highest BCUT2D eigenvalue weighted by Gasteiger charge is 2.16. The van der Waals surface area contributed by atoms with Crippen LogP contribution >= 0.6 is 11.6 Å². The molecule has 1 aromatic carbocycles. The Balaban J connectivity index is 2.16. The van der Waals surface area contributed by atoms with Gasteiger partial charge in [0.25, 0.3) is 0 Å². The zero-order valence-corrected chi connectivity index (χ0v) is 12.2. The van der Waals surface area contributed by atoms with E-state index in [4.69, 9.17) is 11.6 Å². The fraction of sp³-hybridized carbons (Fsp3) is 0.375. The van der Waals surface area contributed by atoms with Gasteiger partial charge in [-0.2, -0.15) is 5.26 Å². The summed E-state index contributed by atoms with van der Waals surface area (Å²) in [4.78, 5) is 2.42. The third-order valence-corrected chi connectivity index (χ3v) is 3.52. The molecule has 1 heterocycles. The Morgan fingerprint density at radius 1 is 1.42 bits per heavy atom. The summed E-state index contributed by atoms with van der Waals surface area (Å²) in [5.41, 5.74) is 2.97. The van der Waals surface area contributed by atoms with Gasteiger partial charge in [0, 0.05) is 24.7 Å². The fourth-order valence-corrected chi connectivity index (χ4v) is 2.61. The topological polar surface area (TPSA) is 27.0 Å². The minimum atomic E-state index is 0.620. The summed E-state index contributed by atoms with van der Waals surface area (Å²) in [6, 6.07) is 7.79. The highest BCUT2D eigenvalue weighted by molar-refractivity contribution is 6.30. The average Bonchev–Trinajstić information content (AvgIpc) is 2.39. The van der Waals surface area contributed by atoms with E-state index in [9.17, 15) is 5.26 Å². The zero-order chi connectivity index (χ0) is 13.8. The number of halogens is 1. The van der Waals surface area contributed by atoms with Crippen LogP contribution in [-0.2, 0) is 0 Å². The van der Waals surface area contributed by atoms with Gasteiger partial charge in [0.15, 0.2) is 0 Å². The molecule has 1 aromatic rings. The molecular formula is C16H18ClN2. The summed E-state index contributed by atoms with van der Waals surface area (Å²) in [6.07, 6.45) is 3.22. The van der Waals surface area contributed by atoms with Crippen LogP contribution in [0.4, 0.5) is 0 Å². The van der Waals surface area contributed by atoms with Gasteiger partial charge in [0.2, 0.25) is 0 Å². The van der Waals surface area contributed by atoms with Gasteiger partial charge in [-0.1, -0.05) is 37.6 Å². The van der Waals surface area contributed by atoms with E-state index in [0.29, 0.717) is 10.6 Å². The Morgan fingerprint density at radius 3 is 2.79 bits per heavy atom. The monoisotopic (exact) mass is 273 g/mol. The summed E-state index contributed by atoms with van der Waals surface area (Å²) in [7, 11) is 0. The molecule has 0 aliphatic carbocycles. The standard InChI is InChI=1S/C16H18ClN2/c1-12(2)11-19-7-5-13(6-8-19)16-4-3-15(17)9-14(16)10-18/h3-5,9H,6-8,11H2,1-2H3. The number of nitriles is 1. The van der Waals surface area contributed by atoms with Crippen molar-refractivity contribution in [2.75, 3.05) is 19.6 Å². The SMILES string of the molecule is C[C](C)CN1CC=C(c2ccc(Cl)cc2C#N)CC1. The smallest absolute Gasteiger partial charge is 0.0998 e. The van der Waals surface area contributed by atoms with E-state index in [1.54, 1.807) is 6.07 Å². The Bertz CT molecular complexity index is 526. The van der Waals surface area contributed by atoms with Crippen molar-refractivity contribution >= 4 is 17.2 Å². The molecule has 0 fully saturated rings. The second-order valence-corrected chi connectivity index (χ2v) is 5.66. The molecule has 0 amide bonds. The van der Waals surface area contributed by atoms with Crippen LogP contribution in [0.25, 0.3) is 5.57 Å². The maximum atomic E-state index is 9.19. The van der Waals surface area contributed by atoms with E-state index >= 15 is 0 Å². The first-order valence-electron chi connectivity index (χ1n) is 6.50. The summed E-state index contributed by atoms with van der Waals surface area (Å²) in [5, 5.41) is 9.81. The van der Waals surface area contributed by atoms with E-state index in [0.717, 1.165) is 31.6 Å². The lowest BCUT2D eigenvalue weighted by Crippen LogP contribution is -2.31. The number of benzene rings is 1. The molecule has 2 nitrogen and oxygen atoms in total. The number of nitrogens with zero attached hydrogens (tertiary/aromatic N) is 2. The lowest BCUT2D eigenvalue weighted by Gasteiger charge is -2.27. The van der Waals surface area contributed by atoms with Crippen LogP contribution < -0.4 is 0 Å². The normalized spacial score (nSPS) is 16.3. The molecule has 2 rings (SSSR count). The van der Waals surface area contributed by atoms with Crippen LogP contribution in [0.2, 0.25) is 5.02 Å². The van der Waals surface area contributed by atoms with E-state index in [-0.39, 0.29) is 0 Å². The van der Waals surface area contributed by atoms with Crippen molar-refractivity contribution in [2.45, 2.75) is 20.3 Å². The molecule has 99 valence electrons. The molecule has 19 heavy (non-hydrogen) atoms. The number of hydrogen-bond acceptors (Lipinski definition) is 2. The molecule has 1 aliphatic rings. The largest absolute Gasteiger partial charge is 0.299 e. The molecule has 0 N–H and O–H groups in total. The highest BCUT2D eigenvalue weighted by Crippen LogP contribution is 2.27. The van der Waals surface area contributed by atoms with E-state index in [1.165, 1.54) is 11.5 Å². The molecule has 0 aromatic heterocycles. The van der Waals surface area contributed by atoms with Gasteiger partial charge in [-0.05, 0) is 35.6 Å². The second-order valence-electron chi connectivity index (χ2n) is 5.22. The van der Waals surface area contributed by atoms with Gasteiger partial charge in [0.1, 0.15) is 0 Å². The number of rotatable bonds is 3. The minimum Gasteiger partial charge on any atom is -0.299 e. The lowest BCUT2D eigenvalue weighted by atomic mass is 9.95. The van der Waals surface area contributed by atoms with Gasteiger partial charge < -0.3 is 0 Å². The Hall–Kier alpha value is -1.30. The van der Waals surface area contributed by atoms with Crippen LogP contribution in [0.5, 0.6) is 0 Å². The van der Waals surface area contributed by atoms with Crippen LogP contribution in [0.15, 0.2) is 24.3 Å². The predicted molar refractivity (Wildman–Crippen MR) is 79.8 cm³/mol. The van der Waals surface area contributed by atoms with Crippen molar-refractivity contribution in [3.63, 3.8) is 0 Å². The Kier molecular flexibility index (Phi) is 4.63. The summed E-state index contributed by atoms with van der Waals surface area (Å²) in [6.45, 7) is 7.37. The minimum absolute atomic E-state index is 0.620. The third kappa shape index (κ3) is 3.59. The van der Waals surface area contributed by atoms with Crippen LogP contribution in [-0.4, -0.2) is 24.5 Å². The van der Waals surface area contributed by atoms with Crippen molar-refractivity contribution in [3.05, 3.63) is 46.3 Å². The van der Waals surface area contributed by atoms with Gasteiger partial charge in [0.05, 0.1) is 11.6 Å². The lowest BCUT2D eigenvalue weighted by molar-refractivity contribution is 0.313. The summed E-state index contributed by atoms with van der Waals surface area (Å²) in [5.74, 6) is 1.43.